The minimum Gasteiger partial charge on any atom is -0.464 e. The minimum atomic E-state index is -0.714. The van der Waals surface area contributed by atoms with Crippen LogP contribution in [0.25, 0.3) is 0 Å². The average molecular weight is 192 g/mol. The lowest BCUT2D eigenvalue weighted by atomic mass is 10.5. The number of carbonyl (C=O) groups excluding carboxylic acids is 2. The molecule has 0 aromatic carbocycles. The fraction of sp³-hybridized carbons (Fsp3) is 0.714. The number of rotatable bonds is 6. The number of hydrogen-bond acceptors (Lipinski definition) is 6. The summed E-state index contributed by atoms with van der Waals surface area (Å²) in [5, 5.41) is 16.4. The summed E-state index contributed by atoms with van der Waals surface area (Å²) in [4.78, 5) is 20.7. The maximum atomic E-state index is 10.3. The van der Waals surface area contributed by atoms with Crippen LogP contribution >= 0.6 is 0 Å². The zero-order chi connectivity index (χ0) is 10.1. The molecule has 0 aromatic rings. The van der Waals surface area contributed by atoms with Crippen LogP contribution in [0.2, 0.25) is 0 Å². The molecule has 0 heterocycles. The molecule has 0 aliphatic rings. The Morgan fingerprint density at radius 1 is 0.923 bits per heavy atom. The van der Waals surface area contributed by atoms with Gasteiger partial charge in [0.15, 0.2) is 0 Å². The molecule has 2 N–H and O–H groups in total. The van der Waals surface area contributed by atoms with Crippen molar-refractivity contribution in [3.05, 3.63) is 0 Å². The van der Waals surface area contributed by atoms with Gasteiger partial charge in [-0.25, -0.2) is 9.59 Å². The molecule has 0 radical (unpaired) electrons. The Labute approximate surface area is 75.1 Å². The van der Waals surface area contributed by atoms with Gasteiger partial charge in [-0.2, -0.15) is 0 Å². The molecule has 0 aliphatic carbocycles. The number of aliphatic hydroxyl groups is 2. The van der Waals surface area contributed by atoms with Gasteiger partial charge in [0.1, 0.15) is 13.2 Å². The van der Waals surface area contributed by atoms with Crippen molar-refractivity contribution in [2.24, 2.45) is 0 Å². The Balaban J connectivity index is 3.17. The quantitative estimate of drug-likeness (QED) is 0.391. The van der Waals surface area contributed by atoms with Gasteiger partial charge in [-0.1, -0.05) is 0 Å². The van der Waals surface area contributed by atoms with Gasteiger partial charge in [0.2, 0.25) is 0 Å². The van der Waals surface area contributed by atoms with Gasteiger partial charge in [0.25, 0.3) is 0 Å². The van der Waals surface area contributed by atoms with Gasteiger partial charge in [-0.05, 0) is 0 Å². The molecule has 0 saturated heterocycles. The third-order valence-corrected chi connectivity index (χ3v) is 1.07. The van der Waals surface area contributed by atoms with E-state index in [9.17, 15) is 9.59 Å². The first-order chi connectivity index (χ1) is 6.20. The monoisotopic (exact) mass is 192 g/mol. The van der Waals surface area contributed by atoms with Crippen molar-refractivity contribution in [1.82, 2.24) is 0 Å². The first-order valence-electron chi connectivity index (χ1n) is 3.73. The topological polar surface area (TPSA) is 93.1 Å². The summed E-state index contributed by atoms with van der Waals surface area (Å²) in [5.74, 6) is -1.43. The third-order valence-electron chi connectivity index (χ3n) is 1.07. The zero-order valence-corrected chi connectivity index (χ0v) is 7.06. The van der Waals surface area contributed by atoms with E-state index >= 15 is 0 Å². The molecule has 0 rings (SSSR count). The molecule has 0 aliphatic heterocycles. The van der Waals surface area contributed by atoms with Crippen LogP contribution in [-0.2, 0) is 19.1 Å². The summed E-state index contributed by atoms with van der Waals surface area (Å²) >= 11 is 0. The van der Waals surface area contributed by atoms with E-state index in [2.05, 4.69) is 9.47 Å². The molecule has 0 aromatic heterocycles. The van der Waals surface area contributed by atoms with Crippen molar-refractivity contribution in [2.75, 3.05) is 26.4 Å². The summed E-state index contributed by atoms with van der Waals surface area (Å²) in [6, 6.07) is 0. The fourth-order valence-electron chi connectivity index (χ4n) is 0.522. The molecular formula is C7H12O6. The third kappa shape index (κ3) is 7.23. The van der Waals surface area contributed by atoms with Crippen LogP contribution in [0.15, 0.2) is 0 Å². The average Bonchev–Trinajstić information content (AvgIpc) is 2.16. The van der Waals surface area contributed by atoms with Gasteiger partial charge in [0.05, 0.1) is 13.2 Å². The maximum Gasteiger partial charge on any atom is 0.331 e. The Morgan fingerprint density at radius 3 is 1.62 bits per heavy atom. The molecule has 13 heavy (non-hydrogen) atoms. The van der Waals surface area contributed by atoms with E-state index in [0.717, 1.165) is 0 Å². The summed E-state index contributed by atoms with van der Waals surface area (Å²) in [7, 11) is 0. The van der Waals surface area contributed by atoms with E-state index in [1.165, 1.54) is 0 Å². The summed E-state index contributed by atoms with van der Waals surface area (Å²) in [6.07, 6.45) is 0.345. The number of aliphatic hydroxyl groups excluding tert-OH is 2. The Morgan fingerprint density at radius 2 is 1.31 bits per heavy atom. The van der Waals surface area contributed by atoms with Gasteiger partial charge in [-0.15, -0.1) is 0 Å². The lowest BCUT2D eigenvalue weighted by molar-refractivity contribution is -0.149. The van der Waals surface area contributed by atoms with Crippen molar-refractivity contribution in [2.45, 2.75) is 6.42 Å². The minimum absolute atomic E-state index is 0.0815. The second kappa shape index (κ2) is 7.51. The number of esters is 2. The standard InChI is InChI=1S/C7H12O6/c8-4-6(10)12-2-1-3-13-7(11)5-9/h8-9H,1-5H2. The zero-order valence-electron chi connectivity index (χ0n) is 7.06. The van der Waals surface area contributed by atoms with E-state index in [1.54, 1.807) is 0 Å². The van der Waals surface area contributed by atoms with Crippen molar-refractivity contribution in [1.29, 1.82) is 0 Å². The predicted molar refractivity (Wildman–Crippen MR) is 40.7 cm³/mol. The highest BCUT2D eigenvalue weighted by atomic mass is 16.6. The first kappa shape index (κ1) is 11.9. The smallest absolute Gasteiger partial charge is 0.331 e. The van der Waals surface area contributed by atoms with Crippen LogP contribution in [0.1, 0.15) is 6.42 Å². The molecule has 0 saturated carbocycles. The highest BCUT2D eigenvalue weighted by molar-refractivity contribution is 5.70. The molecule has 0 fully saturated rings. The van der Waals surface area contributed by atoms with E-state index in [4.69, 9.17) is 10.2 Å². The number of hydrogen-bond donors (Lipinski definition) is 2. The second-order valence-corrected chi connectivity index (χ2v) is 2.11. The van der Waals surface area contributed by atoms with Gasteiger partial charge in [0, 0.05) is 6.42 Å². The van der Waals surface area contributed by atoms with Crippen LogP contribution in [0, 0.1) is 0 Å². The van der Waals surface area contributed by atoms with Crippen molar-refractivity contribution in [3.63, 3.8) is 0 Å². The molecular weight excluding hydrogens is 180 g/mol. The Bertz CT molecular complexity index is 148. The summed E-state index contributed by atoms with van der Waals surface area (Å²) < 4.78 is 8.93. The lowest BCUT2D eigenvalue weighted by Crippen LogP contribution is -2.14. The van der Waals surface area contributed by atoms with Crippen molar-refractivity contribution in [3.8, 4) is 0 Å². The molecule has 0 amide bonds. The summed E-state index contributed by atoms with van der Waals surface area (Å²) in [6.45, 7) is -1.15. The van der Waals surface area contributed by atoms with Crippen LogP contribution < -0.4 is 0 Å². The molecule has 0 atom stereocenters. The highest BCUT2D eigenvalue weighted by Gasteiger charge is 2.00. The first-order valence-corrected chi connectivity index (χ1v) is 3.73. The molecule has 0 spiro atoms. The van der Waals surface area contributed by atoms with E-state index in [0.29, 0.717) is 6.42 Å². The largest absolute Gasteiger partial charge is 0.464 e. The SMILES string of the molecule is O=C(CO)OCCCOC(=O)CO. The van der Waals surface area contributed by atoms with Gasteiger partial charge in [-0.3, -0.25) is 0 Å². The van der Waals surface area contributed by atoms with E-state index in [1.807, 2.05) is 0 Å². The van der Waals surface area contributed by atoms with Crippen LogP contribution in [0.5, 0.6) is 0 Å². The van der Waals surface area contributed by atoms with Crippen LogP contribution in [0.4, 0.5) is 0 Å². The molecule has 76 valence electrons. The highest BCUT2D eigenvalue weighted by Crippen LogP contribution is 1.86. The van der Waals surface area contributed by atoms with Crippen molar-refractivity contribution < 1.29 is 29.3 Å². The molecule has 0 unspecified atom stereocenters. The normalized spacial score (nSPS) is 9.38. The van der Waals surface area contributed by atoms with Crippen LogP contribution in [-0.4, -0.2) is 48.6 Å². The number of ether oxygens (including phenoxy) is 2. The molecule has 6 nitrogen and oxygen atoms in total. The lowest BCUT2D eigenvalue weighted by Gasteiger charge is -2.03. The summed E-state index contributed by atoms with van der Waals surface area (Å²) in [5.41, 5.74) is 0. The second-order valence-electron chi connectivity index (χ2n) is 2.11. The Kier molecular flexibility index (Phi) is 6.85. The predicted octanol–water partition coefficient (Wildman–Crippen LogP) is -1.55. The van der Waals surface area contributed by atoms with E-state index < -0.39 is 25.2 Å². The molecule has 6 heteroatoms. The van der Waals surface area contributed by atoms with Gasteiger partial charge >= 0.3 is 11.9 Å². The maximum absolute atomic E-state index is 10.3. The fourth-order valence-corrected chi connectivity index (χ4v) is 0.522. The number of carbonyl (C=O) groups is 2. The molecule has 0 bridgehead atoms. The van der Waals surface area contributed by atoms with Crippen molar-refractivity contribution >= 4 is 11.9 Å². The Hall–Kier alpha value is -1.14. The van der Waals surface area contributed by atoms with E-state index in [-0.39, 0.29) is 13.2 Å². The van der Waals surface area contributed by atoms with Gasteiger partial charge < -0.3 is 19.7 Å². The van der Waals surface area contributed by atoms with Crippen LogP contribution in [0.3, 0.4) is 0 Å².